The van der Waals surface area contributed by atoms with Crippen LogP contribution in [0.15, 0.2) is 48.6 Å². The Morgan fingerprint density at radius 2 is 1.87 bits per heavy atom. The highest BCUT2D eigenvalue weighted by atomic mass is 35.5. The van der Waals surface area contributed by atoms with Crippen molar-refractivity contribution in [3.63, 3.8) is 0 Å². The summed E-state index contributed by atoms with van der Waals surface area (Å²) < 4.78 is 46.5. The molecule has 1 spiro atoms. The van der Waals surface area contributed by atoms with Crippen molar-refractivity contribution >= 4 is 39.5 Å². The number of carbonyl (C=O) groups is 2. The first kappa shape index (κ1) is 39.2. The molecule has 4 heterocycles. The lowest BCUT2D eigenvalue weighted by molar-refractivity contribution is -0.135. The van der Waals surface area contributed by atoms with E-state index in [4.69, 9.17) is 25.8 Å². The van der Waals surface area contributed by atoms with Crippen LogP contribution in [-0.2, 0) is 36.1 Å². The first-order valence-corrected chi connectivity index (χ1v) is 21.5. The molecule has 11 nitrogen and oxygen atoms in total. The molecule has 6 atom stereocenters. The number of fused-ring (bicyclic) bond motifs is 4. The van der Waals surface area contributed by atoms with Gasteiger partial charge in [-0.1, -0.05) is 30.7 Å². The van der Waals surface area contributed by atoms with E-state index in [9.17, 15) is 18.0 Å². The fourth-order valence-electron chi connectivity index (χ4n) is 9.16. The molecular formula is C41H55ClN4O7S. The van der Waals surface area contributed by atoms with Gasteiger partial charge in [0.2, 0.25) is 10.0 Å². The number of methoxy groups -OCH3 is 1. The predicted octanol–water partition coefficient (Wildman–Crippen LogP) is 4.76. The molecule has 2 bridgehead atoms. The number of rotatable bonds is 3. The first-order chi connectivity index (χ1) is 26.0. The summed E-state index contributed by atoms with van der Waals surface area (Å²) in [4.78, 5) is 30.9. The van der Waals surface area contributed by atoms with Crippen LogP contribution in [0, 0.1) is 17.8 Å². The molecular weight excluding hydrogens is 728 g/mol. The molecule has 0 radical (unpaired) electrons. The third-order valence-electron chi connectivity index (χ3n) is 13.0. The molecule has 0 aromatic heterocycles. The Morgan fingerprint density at radius 3 is 2.56 bits per heavy atom. The Bertz CT molecular complexity index is 1830. The van der Waals surface area contributed by atoms with Gasteiger partial charge in [0.15, 0.2) is 6.29 Å². The number of aryl methyl sites for hydroxylation is 1. The summed E-state index contributed by atoms with van der Waals surface area (Å²) in [6, 6.07) is 12.0. The number of anilines is 1. The lowest BCUT2D eigenvalue weighted by atomic mass is 9.64. The van der Waals surface area contributed by atoms with Crippen LogP contribution in [0.5, 0.6) is 5.75 Å². The molecule has 2 aliphatic carbocycles. The van der Waals surface area contributed by atoms with Gasteiger partial charge in [0.25, 0.3) is 5.91 Å². The van der Waals surface area contributed by atoms with Crippen molar-refractivity contribution in [2.45, 2.75) is 74.7 Å². The number of allylic oxidation sites excluding steroid dienone is 1. The minimum atomic E-state index is -3.97. The molecule has 2 saturated heterocycles. The van der Waals surface area contributed by atoms with Gasteiger partial charge in [-0.25, -0.2) is 13.1 Å². The summed E-state index contributed by atoms with van der Waals surface area (Å²) in [5.41, 5.74) is 2.05. The Morgan fingerprint density at radius 1 is 1.07 bits per heavy atom. The van der Waals surface area contributed by atoms with E-state index in [2.05, 4.69) is 32.0 Å². The lowest BCUT2D eigenvalue weighted by Gasteiger charge is -2.48. The van der Waals surface area contributed by atoms with Crippen molar-refractivity contribution in [1.82, 2.24) is 14.9 Å². The van der Waals surface area contributed by atoms with Crippen molar-refractivity contribution < 1.29 is 32.2 Å². The quantitative estimate of drug-likeness (QED) is 0.333. The topological polar surface area (TPSA) is 127 Å². The summed E-state index contributed by atoms with van der Waals surface area (Å²) in [5.74, 6) is -0.203. The van der Waals surface area contributed by atoms with Crippen LogP contribution in [0.2, 0.25) is 5.02 Å². The Hall–Kier alpha value is -3.00. The molecule has 4 aliphatic heterocycles. The summed E-state index contributed by atoms with van der Waals surface area (Å²) in [6.45, 7) is 11.8. The molecule has 6 aliphatic rings. The second kappa shape index (κ2) is 16.2. The maximum absolute atomic E-state index is 13.4. The molecule has 2 aromatic carbocycles. The van der Waals surface area contributed by atoms with Crippen LogP contribution in [0.1, 0.15) is 67.4 Å². The minimum Gasteiger partial charge on any atom is -0.490 e. The molecule has 8 rings (SSSR count). The smallest absolute Gasteiger partial charge is 0.264 e. The number of sulfonamides is 1. The van der Waals surface area contributed by atoms with Gasteiger partial charge >= 0.3 is 0 Å². The van der Waals surface area contributed by atoms with Gasteiger partial charge in [-0.15, -0.1) is 0 Å². The van der Waals surface area contributed by atoms with E-state index in [1.807, 2.05) is 25.1 Å². The number of hydrogen-bond donors (Lipinski definition) is 2. The van der Waals surface area contributed by atoms with Crippen LogP contribution < -0.4 is 19.7 Å². The average Bonchev–Trinajstić information content (AvgIpc) is 3.28. The fourth-order valence-corrected chi connectivity index (χ4v) is 10.6. The second-order valence-electron chi connectivity index (χ2n) is 16.2. The summed E-state index contributed by atoms with van der Waals surface area (Å²) in [7, 11) is -2.41. The molecule has 1 saturated carbocycles. The Kier molecular flexibility index (Phi) is 11.8. The Balaban J connectivity index is 0.000000386. The minimum absolute atomic E-state index is 0.0434. The number of halogens is 1. The number of piperazine rings is 1. The zero-order valence-electron chi connectivity index (χ0n) is 31.7. The van der Waals surface area contributed by atoms with Crippen LogP contribution in [0.4, 0.5) is 5.69 Å². The number of amides is 1. The van der Waals surface area contributed by atoms with Gasteiger partial charge < -0.3 is 24.4 Å². The van der Waals surface area contributed by atoms with Gasteiger partial charge in [-0.3, -0.25) is 14.5 Å². The van der Waals surface area contributed by atoms with Crippen molar-refractivity contribution in [3.05, 3.63) is 70.3 Å². The zero-order valence-corrected chi connectivity index (χ0v) is 33.3. The highest BCUT2D eigenvalue weighted by Crippen LogP contribution is 2.48. The molecule has 2 aromatic rings. The number of aldehydes is 1. The number of ether oxygens (including phenoxy) is 3. The standard InChI is InChI=1S/C34H41ClN2O6S.C7H14N2O/c1-22-6-4-15-34(20-38,42-3)29-11-8-26(29)18-37-19-33(14-5-7-24-16-27(35)10-12-28(24)33)21-43-31-13-9-25(17-30(31)37)32(39)36-44(40,41)23(22)2;1-3-9(4-2-8-1)7-5-10-6-7/h4,9-10,12-13,15-17,20,22-23,26,29H,5-8,11,14,18-19,21H2,1-3H3,(H,36,39);7-8H,1-6H2/b15-4+;/t22-,23+,26-,29+,33-,34+;/m0./s1. The summed E-state index contributed by atoms with van der Waals surface area (Å²) in [6.07, 6.45) is 9.65. The molecule has 0 unspecified atom stereocenters. The highest BCUT2D eigenvalue weighted by molar-refractivity contribution is 7.90. The third kappa shape index (κ3) is 7.84. The average molecular weight is 783 g/mol. The monoisotopic (exact) mass is 782 g/mol. The molecule has 1 amide bonds. The molecule has 3 fully saturated rings. The largest absolute Gasteiger partial charge is 0.490 e. The highest BCUT2D eigenvalue weighted by Gasteiger charge is 2.49. The van der Waals surface area contributed by atoms with Gasteiger partial charge in [-0.05, 0) is 105 Å². The number of nitrogens with zero attached hydrogens (tertiary/aromatic N) is 2. The molecule has 54 heavy (non-hydrogen) atoms. The van der Waals surface area contributed by atoms with Crippen molar-refractivity contribution in [3.8, 4) is 5.75 Å². The summed E-state index contributed by atoms with van der Waals surface area (Å²) >= 11 is 6.40. The lowest BCUT2D eigenvalue weighted by Crippen LogP contribution is -2.55. The van der Waals surface area contributed by atoms with E-state index in [0.717, 1.165) is 76.4 Å². The summed E-state index contributed by atoms with van der Waals surface area (Å²) in [5, 5.41) is 3.21. The van der Waals surface area contributed by atoms with Crippen molar-refractivity contribution in [1.29, 1.82) is 0 Å². The van der Waals surface area contributed by atoms with Crippen LogP contribution in [0.3, 0.4) is 0 Å². The van der Waals surface area contributed by atoms with E-state index in [0.29, 0.717) is 36.9 Å². The Labute approximate surface area is 325 Å². The van der Waals surface area contributed by atoms with Gasteiger partial charge in [0.1, 0.15) is 11.4 Å². The maximum atomic E-state index is 13.4. The SMILES string of the molecule is C1CN(C2COC2)CCN1.CO[C@@]1(C=O)/C=C/C[C@H](C)[C@@H](C)S(=O)(=O)NC(=O)c2ccc3c(c2)N(C[C@@H]2CC[C@H]21)C[C@@]1(CCCc2cc(Cl)ccc21)CO3. The van der Waals surface area contributed by atoms with E-state index in [-0.39, 0.29) is 28.7 Å². The van der Waals surface area contributed by atoms with Gasteiger partial charge in [-0.2, -0.15) is 0 Å². The normalized spacial score (nSPS) is 33.2. The number of benzene rings is 2. The van der Waals surface area contributed by atoms with Gasteiger partial charge in [0, 0.05) is 68.3 Å². The maximum Gasteiger partial charge on any atom is 0.264 e. The van der Waals surface area contributed by atoms with Crippen LogP contribution >= 0.6 is 11.6 Å². The second-order valence-corrected chi connectivity index (χ2v) is 18.7. The van der Waals surface area contributed by atoms with E-state index >= 15 is 0 Å². The zero-order chi connectivity index (χ0) is 38.1. The predicted molar refractivity (Wildman–Crippen MR) is 210 cm³/mol. The molecule has 294 valence electrons. The van der Waals surface area contributed by atoms with E-state index < -0.39 is 26.8 Å². The van der Waals surface area contributed by atoms with Gasteiger partial charge in [0.05, 0.1) is 36.8 Å². The number of nitrogens with one attached hydrogen (secondary N) is 2. The molecule has 13 heteroatoms. The fraction of sp³-hybridized carbons (Fsp3) is 0.610. The number of carbonyl (C=O) groups excluding carboxylic acids is 2. The van der Waals surface area contributed by atoms with E-state index in [1.165, 1.54) is 24.2 Å². The van der Waals surface area contributed by atoms with Crippen LogP contribution in [0.25, 0.3) is 0 Å². The molecule has 2 N–H and O–H groups in total. The van der Waals surface area contributed by atoms with E-state index in [1.54, 1.807) is 32.2 Å². The number of hydrogen-bond acceptors (Lipinski definition) is 10. The van der Waals surface area contributed by atoms with Crippen molar-refractivity contribution in [2.24, 2.45) is 17.8 Å². The van der Waals surface area contributed by atoms with Crippen LogP contribution in [-0.4, -0.2) is 109 Å². The van der Waals surface area contributed by atoms with Crippen molar-refractivity contribution in [2.75, 3.05) is 71.1 Å². The first-order valence-electron chi connectivity index (χ1n) is 19.6. The third-order valence-corrected chi connectivity index (χ3v) is 15.1.